The second-order valence-corrected chi connectivity index (χ2v) is 10.9. The minimum atomic E-state index is -3.60. The molecule has 3 heterocycles. The van der Waals surface area contributed by atoms with E-state index in [2.05, 4.69) is 15.5 Å². The Morgan fingerprint density at radius 3 is 2.69 bits per heavy atom. The van der Waals surface area contributed by atoms with E-state index in [1.165, 1.54) is 9.13 Å². The van der Waals surface area contributed by atoms with Crippen LogP contribution in [0, 0.1) is 0 Å². The highest BCUT2D eigenvalue weighted by molar-refractivity contribution is 7.89. The summed E-state index contributed by atoms with van der Waals surface area (Å²) in [5.74, 6) is -1.34. The molecule has 13 heteroatoms. The van der Waals surface area contributed by atoms with Crippen LogP contribution in [0.25, 0.3) is 11.0 Å². The monoisotopic (exact) mass is 506 g/mol. The molecule has 2 aliphatic heterocycles. The van der Waals surface area contributed by atoms with Crippen LogP contribution in [0.4, 0.5) is 0 Å². The molecule has 1 unspecified atom stereocenters. The van der Waals surface area contributed by atoms with Crippen molar-refractivity contribution in [2.24, 2.45) is 7.05 Å². The van der Waals surface area contributed by atoms with E-state index < -0.39 is 33.9 Å². The maximum Gasteiger partial charge on any atom is 0.329 e. The zero-order valence-corrected chi connectivity index (χ0v) is 20.6. The fraction of sp³-hybridized carbons (Fsp3) is 0.545. The Morgan fingerprint density at radius 2 is 1.97 bits per heavy atom. The molecule has 2 fully saturated rings. The highest BCUT2D eigenvalue weighted by atomic mass is 32.2. The summed E-state index contributed by atoms with van der Waals surface area (Å²) in [6, 6.07) is 4.42. The minimum Gasteiger partial charge on any atom is -0.303 e. The third-order valence-corrected chi connectivity index (χ3v) is 7.05. The molecule has 2 aliphatic rings. The first-order chi connectivity index (χ1) is 16.5. The minimum absolute atomic E-state index is 0.195. The zero-order chi connectivity index (χ0) is 25.3. The number of rotatable bonds is 7. The van der Waals surface area contributed by atoms with Gasteiger partial charge < -0.3 is 5.32 Å². The Morgan fingerprint density at radius 1 is 1.20 bits per heavy atom. The van der Waals surface area contributed by atoms with Crippen LogP contribution in [0.5, 0.6) is 0 Å². The molecule has 3 amide bonds. The zero-order valence-electron chi connectivity index (χ0n) is 19.7. The van der Waals surface area contributed by atoms with Gasteiger partial charge in [-0.25, -0.2) is 13.2 Å². The van der Waals surface area contributed by atoms with Crippen molar-refractivity contribution in [3.05, 3.63) is 34.2 Å². The largest absolute Gasteiger partial charge is 0.329 e. The summed E-state index contributed by atoms with van der Waals surface area (Å²) in [6.07, 6.45) is 3.00. The van der Waals surface area contributed by atoms with E-state index in [4.69, 9.17) is 0 Å². The number of hydrogen-bond donors (Lipinski definition) is 3. The van der Waals surface area contributed by atoms with E-state index in [1.54, 1.807) is 7.05 Å². The smallest absolute Gasteiger partial charge is 0.303 e. The number of piperazine rings is 1. The topological polar surface area (TPSA) is 152 Å². The number of benzene rings is 1. The number of imidazole rings is 1. The van der Waals surface area contributed by atoms with Crippen LogP contribution in [0.1, 0.15) is 30.9 Å². The first-order valence-electron chi connectivity index (χ1n) is 11.5. The molecule has 2 aromatic rings. The van der Waals surface area contributed by atoms with E-state index >= 15 is 0 Å². The second-order valence-electron chi connectivity index (χ2n) is 9.15. The van der Waals surface area contributed by atoms with Crippen molar-refractivity contribution in [3.63, 3.8) is 0 Å². The number of carbonyl (C=O) groups excluding carboxylic acids is 3. The van der Waals surface area contributed by atoms with Gasteiger partial charge in [0.05, 0.1) is 17.3 Å². The maximum atomic E-state index is 12.9. The lowest BCUT2D eigenvalue weighted by Gasteiger charge is -2.32. The quantitative estimate of drug-likeness (QED) is 0.388. The van der Waals surface area contributed by atoms with Crippen molar-refractivity contribution in [2.45, 2.75) is 37.8 Å². The summed E-state index contributed by atoms with van der Waals surface area (Å²) < 4.78 is 27.6. The number of carbonyl (C=O) groups is 3. The van der Waals surface area contributed by atoms with Gasteiger partial charge >= 0.3 is 5.69 Å². The van der Waals surface area contributed by atoms with E-state index in [0.29, 0.717) is 25.0 Å². The molecule has 0 spiro atoms. The van der Waals surface area contributed by atoms with E-state index in [-0.39, 0.29) is 18.0 Å². The number of aromatic nitrogens is 2. The lowest BCUT2D eigenvalue weighted by atomic mass is 10.0. The fourth-order valence-corrected chi connectivity index (χ4v) is 5.25. The highest BCUT2D eigenvalue weighted by Gasteiger charge is 2.31. The summed E-state index contributed by atoms with van der Waals surface area (Å²) in [5.41, 5.74) is 2.11. The van der Waals surface area contributed by atoms with Crippen LogP contribution < -0.4 is 21.0 Å². The average molecular weight is 507 g/mol. The number of sulfonamides is 1. The van der Waals surface area contributed by atoms with Crippen LogP contribution in [-0.2, 0) is 37.9 Å². The van der Waals surface area contributed by atoms with E-state index in [0.717, 1.165) is 43.3 Å². The average Bonchev–Trinajstić information content (AvgIpc) is 3.03. The van der Waals surface area contributed by atoms with Gasteiger partial charge in [0.25, 0.3) is 5.91 Å². The van der Waals surface area contributed by atoms with Crippen molar-refractivity contribution < 1.29 is 22.8 Å². The van der Waals surface area contributed by atoms with Gasteiger partial charge in [-0.05, 0) is 43.5 Å². The second kappa shape index (κ2) is 9.91. The number of nitrogens with one attached hydrogen (secondary N) is 3. The summed E-state index contributed by atoms with van der Waals surface area (Å²) in [5, 5.41) is 5.36. The lowest BCUT2D eigenvalue weighted by Crippen LogP contribution is -2.57. The van der Waals surface area contributed by atoms with E-state index in [9.17, 15) is 27.6 Å². The first kappa shape index (κ1) is 25.1. The maximum absolute atomic E-state index is 12.9. The number of nitrogens with zero attached hydrogens (tertiary/aromatic N) is 3. The van der Waals surface area contributed by atoms with Crippen LogP contribution in [0.3, 0.4) is 0 Å². The third-order valence-electron chi connectivity index (χ3n) is 6.48. The van der Waals surface area contributed by atoms with Gasteiger partial charge in [0.2, 0.25) is 21.8 Å². The summed E-state index contributed by atoms with van der Waals surface area (Å²) in [7, 11) is -1.93. The van der Waals surface area contributed by atoms with Gasteiger partial charge in [0.15, 0.2) is 0 Å². The Hall–Kier alpha value is -3.03. The molecular formula is C22H30N6O6S. The molecular weight excluding hydrogens is 476 g/mol. The van der Waals surface area contributed by atoms with Crippen LogP contribution in [-0.4, -0.2) is 78.7 Å². The van der Waals surface area contributed by atoms with Crippen molar-refractivity contribution in [3.8, 4) is 0 Å². The summed E-state index contributed by atoms with van der Waals surface area (Å²) in [4.78, 5) is 51.0. The van der Waals surface area contributed by atoms with Crippen molar-refractivity contribution in [1.29, 1.82) is 0 Å². The Labute approximate surface area is 202 Å². The van der Waals surface area contributed by atoms with Crippen LogP contribution in [0.2, 0.25) is 0 Å². The molecule has 0 saturated carbocycles. The number of hydrogen-bond acceptors (Lipinski definition) is 8. The van der Waals surface area contributed by atoms with Crippen molar-refractivity contribution in [2.75, 3.05) is 32.4 Å². The molecule has 3 N–H and O–H groups in total. The van der Waals surface area contributed by atoms with Crippen LogP contribution >= 0.6 is 0 Å². The summed E-state index contributed by atoms with van der Waals surface area (Å²) in [6.45, 7) is 2.50. The summed E-state index contributed by atoms with van der Waals surface area (Å²) >= 11 is 0. The molecule has 1 aromatic carbocycles. The first-order valence-corrected chi connectivity index (χ1v) is 13.4. The van der Waals surface area contributed by atoms with Gasteiger partial charge in [0, 0.05) is 33.1 Å². The number of fused-ring (bicyclic) bond motifs is 1. The molecule has 12 nitrogen and oxygen atoms in total. The number of piperidine rings is 1. The van der Waals surface area contributed by atoms with Gasteiger partial charge in [-0.1, -0.05) is 6.07 Å². The Bertz CT molecular complexity index is 1330. The third kappa shape index (κ3) is 5.63. The van der Waals surface area contributed by atoms with Gasteiger partial charge in [-0.2, -0.15) is 0 Å². The number of imide groups is 1. The number of aryl methyl sites for hydroxylation is 2. The van der Waals surface area contributed by atoms with Gasteiger partial charge in [-0.3, -0.25) is 38.5 Å². The molecule has 2 saturated heterocycles. The standard InChI is InChI=1S/C22H30N6O6S/c1-26-18-12-14(4-3-10-27-11-9-23-15(13-27)20(30)25-35(2,33)34)5-6-16(18)28(22(26)32)17-7-8-19(29)24-21(17)31/h5-6,12,15,17,23H,3-4,7-11,13H2,1-2H3,(H,25,30)(H,24,29,31)/t15-,17?/m0/s1. The van der Waals surface area contributed by atoms with Crippen molar-refractivity contribution >= 4 is 38.8 Å². The molecule has 190 valence electrons. The lowest BCUT2D eigenvalue weighted by molar-refractivity contribution is -0.135. The normalized spacial score (nSPS) is 21.8. The fourth-order valence-electron chi connectivity index (χ4n) is 4.74. The van der Waals surface area contributed by atoms with Gasteiger partial charge in [-0.15, -0.1) is 0 Å². The Balaban J connectivity index is 1.40. The molecule has 1 aromatic heterocycles. The molecule has 4 rings (SSSR count). The Kier molecular flexibility index (Phi) is 7.10. The predicted molar refractivity (Wildman–Crippen MR) is 128 cm³/mol. The highest BCUT2D eigenvalue weighted by Crippen LogP contribution is 2.24. The molecule has 0 radical (unpaired) electrons. The molecule has 35 heavy (non-hydrogen) atoms. The van der Waals surface area contributed by atoms with Gasteiger partial charge in [0.1, 0.15) is 12.1 Å². The SMILES string of the molecule is Cn1c(=O)n(C2CCC(=O)NC2=O)c2ccc(CCCN3CCN[C@H](C(=O)NS(C)(=O)=O)C3)cc21. The predicted octanol–water partition coefficient (Wildman–Crippen LogP) is -1.40. The van der Waals surface area contributed by atoms with Crippen molar-refractivity contribution in [1.82, 2.24) is 29.4 Å². The molecule has 2 atom stereocenters. The van der Waals surface area contributed by atoms with Crippen LogP contribution in [0.15, 0.2) is 23.0 Å². The number of amides is 3. The molecule has 0 aliphatic carbocycles. The van der Waals surface area contributed by atoms with E-state index in [1.807, 2.05) is 22.9 Å². The molecule has 0 bridgehead atoms.